The van der Waals surface area contributed by atoms with Crippen LogP contribution in [0.4, 0.5) is 0 Å². The summed E-state index contributed by atoms with van der Waals surface area (Å²) < 4.78 is 0. The van der Waals surface area contributed by atoms with E-state index in [-0.39, 0.29) is 0 Å². The molecule has 1 saturated heterocycles. The van der Waals surface area contributed by atoms with E-state index in [0.29, 0.717) is 12.0 Å². The van der Waals surface area contributed by atoms with Gasteiger partial charge in [0.2, 0.25) is 0 Å². The minimum atomic E-state index is 0.567. The minimum absolute atomic E-state index is 0.567. The topological polar surface area (TPSA) is 15.3 Å². The summed E-state index contributed by atoms with van der Waals surface area (Å²) in [5, 5.41) is 3.44. The van der Waals surface area contributed by atoms with Crippen molar-refractivity contribution in [3.8, 4) is 0 Å². The highest BCUT2D eigenvalue weighted by molar-refractivity contribution is 5.25. The lowest BCUT2D eigenvalue weighted by Gasteiger charge is -2.37. The summed E-state index contributed by atoms with van der Waals surface area (Å²) in [5.41, 5.74) is 2.95. The molecule has 1 unspecified atom stereocenters. The van der Waals surface area contributed by atoms with E-state index in [4.69, 9.17) is 0 Å². The molecule has 1 aliphatic rings. The molecule has 2 heteroatoms. The fourth-order valence-electron chi connectivity index (χ4n) is 3.15. The molecule has 0 aromatic heterocycles. The molecule has 0 amide bonds. The second kappa shape index (κ2) is 7.06. The normalized spacial score (nSPS) is 18.7. The van der Waals surface area contributed by atoms with Gasteiger partial charge in [0.1, 0.15) is 0 Å². The van der Waals surface area contributed by atoms with Crippen LogP contribution in [0.5, 0.6) is 0 Å². The van der Waals surface area contributed by atoms with Crippen LogP contribution in [0.2, 0.25) is 0 Å². The third kappa shape index (κ3) is 3.80. The highest BCUT2D eigenvalue weighted by Crippen LogP contribution is 2.29. The zero-order chi connectivity index (χ0) is 13.7. The first kappa shape index (κ1) is 14.5. The van der Waals surface area contributed by atoms with Crippen LogP contribution in [0, 0.1) is 5.92 Å². The molecular formula is C17H28N2. The Bertz CT molecular complexity index is 363. The lowest BCUT2D eigenvalue weighted by molar-refractivity contribution is 0.137. The van der Waals surface area contributed by atoms with E-state index in [1.807, 2.05) is 0 Å². The number of aryl methyl sites for hydroxylation is 1. The Morgan fingerprint density at radius 1 is 1.11 bits per heavy atom. The summed E-state index contributed by atoms with van der Waals surface area (Å²) in [7, 11) is 0. The van der Waals surface area contributed by atoms with Gasteiger partial charge in [-0.15, -0.1) is 0 Å². The molecule has 0 saturated carbocycles. The number of piperazine rings is 1. The average molecular weight is 260 g/mol. The number of nitrogens with one attached hydrogen (secondary N) is 1. The van der Waals surface area contributed by atoms with Crippen molar-refractivity contribution in [2.75, 3.05) is 26.2 Å². The maximum atomic E-state index is 3.44. The van der Waals surface area contributed by atoms with Gasteiger partial charge in [0.05, 0.1) is 0 Å². The van der Waals surface area contributed by atoms with Crippen LogP contribution in [0.25, 0.3) is 0 Å². The minimum Gasteiger partial charge on any atom is -0.314 e. The van der Waals surface area contributed by atoms with Gasteiger partial charge in [-0.05, 0) is 23.5 Å². The van der Waals surface area contributed by atoms with Crippen molar-refractivity contribution < 1.29 is 0 Å². The van der Waals surface area contributed by atoms with Crippen LogP contribution in [0.3, 0.4) is 0 Å². The van der Waals surface area contributed by atoms with Gasteiger partial charge >= 0.3 is 0 Å². The molecule has 1 aliphatic heterocycles. The summed E-state index contributed by atoms with van der Waals surface area (Å²) in [6, 6.07) is 9.89. The van der Waals surface area contributed by atoms with Crippen LogP contribution >= 0.6 is 0 Å². The van der Waals surface area contributed by atoms with E-state index in [2.05, 4.69) is 55.3 Å². The highest BCUT2D eigenvalue weighted by atomic mass is 15.2. The largest absolute Gasteiger partial charge is 0.314 e. The Hall–Kier alpha value is -0.860. The van der Waals surface area contributed by atoms with Gasteiger partial charge in [0.25, 0.3) is 0 Å². The van der Waals surface area contributed by atoms with Crippen molar-refractivity contribution in [3.05, 3.63) is 35.4 Å². The molecule has 1 aromatic rings. The zero-order valence-corrected chi connectivity index (χ0v) is 12.7. The molecule has 1 heterocycles. The Morgan fingerprint density at radius 2 is 1.74 bits per heavy atom. The number of hydrogen-bond donors (Lipinski definition) is 1. The summed E-state index contributed by atoms with van der Waals surface area (Å²) in [6.45, 7) is 11.5. The monoisotopic (exact) mass is 260 g/mol. The number of hydrogen-bond acceptors (Lipinski definition) is 2. The number of rotatable bonds is 5. The SMILES string of the molecule is CCCc1ccc(C(C(C)C)N2CCNCC2)cc1. The maximum absolute atomic E-state index is 3.44. The number of benzene rings is 1. The molecule has 0 spiro atoms. The summed E-state index contributed by atoms with van der Waals surface area (Å²) in [5.74, 6) is 0.662. The van der Waals surface area contributed by atoms with E-state index in [0.717, 1.165) is 13.1 Å². The third-order valence-electron chi connectivity index (χ3n) is 4.04. The Morgan fingerprint density at radius 3 is 2.26 bits per heavy atom. The first-order valence-electron chi connectivity index (χ1n) is 7.76. The molecular weight excluding hydrogens is 232 g/mol. The second-order valence-corrected chi connectivity index (χ2v) is 5.97. The van der Waals surface area contributed by atoms with Gasteiger partial charge in [0, 0.05) is 32.2 Å². The maximum Gasteiger partial charge on any atom is 0.0372 e. The van der Waals surface area contributed by atoms with Crippen LogP contribution in [-0.2, 0) is 6.42 Å². The molecule has 19 heavy (non-hydrogen) atoms. The molecule has 106 valence electrons. The van der Waals surface area contributed by atoms with Crippen LogP contribution < -0.4 is 5.32 Å². The quantitative estimate of drug-likeness (QED) is 0.874. The molecule has 1 atom stereocenters. The summed E-state index contributed by atoms with van der Waals surface area (Å²) >= 11 is 0. The van der Waals surface area contributed by atoms with Gasteiger partial charge in [-0.3, -0.25) is 4.90 Å². The lowest BCUT2D eigenvalue weighted by atomic mass is 9.92. The van der Waals surface area contributed by atoms with Crippen molar-refractivity contribution in [2.24, 2.45) is 5.92 Å². The van der Waals surface area contributed by atoms with Crippen molar-refractivity contribution in [1.29, 1.82) is 0 Å². The van der Waals surface area contributed by atoms with Crippen LogP contribution in [-0.4, -0.2) is 31.1 Å². The van der Waals surface area contributed by atoms with E-state index in [1.54, 1.807) is 0 Å². The van der Waals surface area contributed by atoms with E-state index in [9.17, 15) is 0 Å². The van der Waals surface area contributed by atoms with Crippen molar-refractivity contribution in [2.45, 2.75) is 39.7 Å². The Kier molecular flexibility index (Phi) is 5.41. The smallest absolute Gasteiger partial charge is 0.0372 e. The molecule has 0 bridgehead atoms. The predicted molar refractivity (Wildman–Crippen MR) is 82.5 cm³/mol. The molecule has 1 fully saturated rings. The summed E-state index contributed by atoms with van der Waals surface area (Å²) in [6.07, 6.45) is 2.42. The second-order valence-electron chi connectivity index (χ2n) is 5.97. The fraction of sp³-hybridized carbons (Fsp3) is 0.647. The molecule has 2 rings (SSSR count). The van der Waals surface area contributed by atoms with Crippen LogP contribution in [0.1, 0.15) is 44.4 Å². The summed E-state index contributed by atoms with van der Waals surface area (Å²) in [4.78, 5) is 2.63. The standard InChI is InChI=1S/C17H28N2/c1-4-5-15-6-8-16(9-7-15)17(14(2)3)19-12-10-18-11-13-19/h6-9,14,17-18H,4-5,10-13H2,1-3H3. The fourth-order valence-corrected chi connectivity index (χ4v) is 3.15. The first-order chi connectivity index (χ1) is 9.22. The third-order valence-corrected chi connectivity index (χ3v) is 4.04. The van der Waals surface area contributed by atoms with Gasteiger partial charge in [0.15, 0.2) is 0 Å². The first-order valence-corrected chi connectivity index (χ1v) is 7.76. The van der Waals surface area contributed by atoms with Gasteiger partial charge in [-0.1, -0.05) is 51.5 Å². The average Bonchev–Trinajstić information content (AvgIpc) is 2.42. The van der Waals surface area contributed by atoms with Crippen molar-refractivity contribution >= 4 is 0 Å². The Labute approximate surface area is 118 Å². The van der Waals surface area contributed by atoms with Crippen molar-refractivity contribution in [1.82, 2.24) is 10.2 Å². The van der Waals surface area contributed by atoms with E-state index >= 15 is 0 Å². The highest BCUT2D eigenvalue weighted by Gasteiger charge is 2.24. The molecule has 2 nitrogen and oxygen atoms in total. The van der Waals surface area contributed by atoms with E-state index < -0.39 is 0 Å². The molecule has 0 radical (unpaired) electrons. The molecule has 1 N–H and O–H groups in total. The van der Waals surface area contributed by atoms with Gasteiger partial charge < -0.3 is 5.32 Å². The molecule has 0 aliphatic carbocycles. The van der Waals surface area contributed by atoms with Crippen LogP contribution in [0.15, 0.2) is 24.3 Å². The van der Waals surface area contributed by atoms with Gasteiger partial charge in [-0.25, -0.2) is 0 Å². The Balaban J connectivity index is 2.13. The van der Waals surface area contributed by atoms with Crippen molar-refractivity contribution in [3.63, 3.8) is 0 Å². The predicted octanol–water partition coefficient (Wildman–Crippen LogP) is 3.24. The molecule has 1 aromatic carbocycles. The lowest BCUT2D eigenvalue weighted by Crippen LogP contribution is -2.46. The zero-order valence-electron chi connectivity index (χ0n) is 12.7. The van der Waals surface area contributed by atoms with E-state index in [1.165, 1.54) is 37.1 Å². The number of nitrogens with zero attached hydrogens (tertiary/aromatic N) is 1. The van der Waals surface area contributed by atoms with Gasteiger partial charge in [-0.2, -0.15) is 0 Å².